The molecule has 0 aromatic heterocycles. The predicted molar refractivity (Wildman–Crippen MR) is 73.3 cm³/mol. The van der Waals surface area contributed by atoms with Crippen molar-refractivity contribution in [2.45, 2.75) is 12.8 Å². The standard InChI is InChI=1S/C10H11I2N/c11-8-5-9(12)7-10(6-8)13-3-1-2-4-13/h5-7H,1-4H2. The molecular formula is C10H11I2N. The molecule has 2 rings (SSSR count). The highest BCUT2D eigenvalue weighted by Gasteiger charge is 2.12. The Bertz CT molecular complexity index is 286. The summed E-state index contributed by atoms with van der Waals surface area (Å²) < 4.78 is 2.68. The molecule has 0 atom stereocenters. The van der Waals surface area contributed by atoms with Gasteiger partial charge in [0, 0.05) is 25.9 Å². The lowest BCUT2D eigenvalue weighted by Gasteiger charge is -2.18. The summed E-state index contributed by atoms with van der Waals surface area (Å²) in [5.74, 6) is 0. The summed E-state index contributed by atoms with van der Waals surface area (Å²) in [7, 11) is 0. The molecule has 0 spiro atoms. The van der Waals surface area contributed by atoms with Crippen molar-refractivity contribution >= 4 is 50.9 Å². The van der Waals surface area contributed by atoms with E-state index in [4.69, 9.17) is 0 Å². The topological polar surface area (TPSA) is 3.24 Å². The van der Waals surface area contributed by atoms with Gasteiger partial charge in [0.05, 0.1) is 0 Å². The molecule has 1 saturated heterocycles. The van der Waals surface area contributed by atoms with Crippen LogP contribution in [-0.4, -0.2) is 13.1 Å². The van der Waals surface area contributed by atoms with Gasteiger partial charge in [-0.3, -0.25) is 0 Å². The van der Waals surface area contributed by atoms with E-state index in [9.17, 15) is 0 Å². The average molecular weight is 399 g/mol. The number of rotatable bonds is 1. The zero-order valence-electron chi connectivity index (χ0n) is 7.26. The van der Waals surface area contributed by atoms with Gasteiger partial charge in [0.15, 0.2) is 0 Å². The zero-order chi connectivity index (χ0) is 9.26. The zero-order valence-corrected chi connectivity index (χ0v) is 11.6. The molecule has 13 heavy (non-hydrogen) atoms. The van der Waals surface area contributed by atoms with E-state index in [2.05, 4.69) is 68.3 Å². The Morgan fingerprint density at radius 1 is 0.923 bits per heavy atom. The van der Waals surface area contributed by atoms with Gasteiger partial charge in [-0.05, 0) is 76.2 Å². The molecule has 0 saturated carbocycles. The van der Waals surface area contributed by atoms with Crippen LogP contribution in [0, 0.1) is 7.14 Å². The summed E-state index contributed by atoms with van der Waals surface area (Å²) in [5, 5.41) is 0. The fourth-order valence-electron chi connectivity index (χ4n) is 1.70. The normalized spacial score (nSPS) is 16.6. The third kappa shape index (κ3) is 2.49. The van der Waals surface area contributed by atoms with Gasteiger partial charge in [0.1, 0.15) is 0 Å². The van der Waals surface area contributed by atoms with E-state index in [1.54, 1.807) is 0 Å². The van der Waals surface area contributed by atoms with Crippen molar-refractivity contribution in [3.8, 4) is 0 Å². The number of nitrogens with zero attached hydrogens (tertiary/aromatic N) is 1. The molecule has 0 N–H and O–H groups in total. The minimum Gasteiger partial charge on any atom is -0.371 e. The Morgan fingerprint density at radius 2 is 1.46 bits per heavy atom. The molecule has 0 amide bonds. The van der Waals surface area contributed by atoms with Crippen molar-refractivity contribution in [1.29, 1.82) is 0 Å². The lowest BCUT2D eigenvalue weighted by molar-refractivity contribution is 0.949. The molecule has 0 aliphatic carbocycles. The van der Waals surface area contributed by atoms with Crippen LogP contribution in [0.4, 0.5) is 5.69 Å². The second kappa shape index (κ2) is 4.33. The molecule has 1 nitrogen and oxygen atoms in total. The van der Waals surface area contributed by atoms with Gasteiger partial charge < -0.3 is 4.90 Å². The molecule has 1 aromatic rings. The third-order valence-corrected chi connectivity index (χ3v) is 3.56. The highest BCUT2D eigenvalue weighted by molar-refractivity contribution is 14.1. The quantitative estimate of drug-likeness (QED) is 0.654. The molecule has 70 valence electrons. The molecule has 1 fully saturated rings. The van der Waals surface area contributed by atoms with Crippen LogP contribution in [0.5, 0.6) is 0 Å². The lowest BCUT2D eigenvalue weighted by Crippen LogP contribution is -2.17. The van der Waals surface area contributed by atoms with Gasteiger partial charge in [0.2, 0.25) is 0 Å². The maximum absolute atomic E-state index is 2.48. The molecule has 3 heteroatoms. The van der Waals surface area contributed by atoms with Crippen LogP contribution in [0.15, 0.2) is 18.2 Å². The van der Waals surface area contributed by atoms with Crippen LogP contribution < -0.4 is 4.90 Å². The van der Waals surface area contributed by atoms with E-state index < -0.39 is 0 Å². The van der Waals surface area contributed by atoms with E-state index in [0.717, 1.165) is 0 Å². The average Bonchev–Trinajstić information content (AvgIpc) is 2.53. The van der Waals surface area contributed by atoms with E-state index >= 15 is 0 Å². The summed E-state index contributed by atoms with van der Waals surface area (Å²) in [5.41, 5.74) is 1.40. The fourth-order valence-corrected chi connectivity index (χ4v) is 3.60. The van der Waals surface area contributed by atoms with Crippen molar-refractivity contribution in [2.75, 3.05) is 18.0 Å². The van der Waals surface area contributed by atoms with Gasteiger partial charge in [0.25, 0.3) is 0 Å². The Morgan fingerprint density at radius 3 is 2.00 bits per heavy atom. The van der Waals surface area contributed by atoms with Crippen molar-refractivity contribution in [3.05, 3.63) is 25.3 Å². The van der Waals surface area contributed by atoms with Crippen molar-refractivity contribution in [3.63, 3.8) is 0 Å². The minimum absolute atomic E-state index is 1.23. The van der Waals surface area contributed by atoms with Gasteiger partial charge >= 0.3 is 0 Å². The minimum atomic E-state index is 1.23. The monoisotopic (exact) mass is 399 g/mol. The summed E-state index contributed by atoms with van der Waals surface area (Å²) in [6.07, 6.45) is 2.70. The van der Waals surface area contributed by atoms with Crippen molar-refractivity contribution in [2.24, 2.45) is 0 Å². The van der Waals surface area contributed by atoms with Crippen LogP contribution in [0.2, 0.25) is 0 Å². The number of benzene rings is 1. The first-order valence-electron chi connectivity index (χ1n) is 4.47. The van der Waals surface area contributed by atoms with Gasteiger partial charge in [-0.2, -0.15) is 0 Å². The summed E-state index contributed by atoms with van der Waals surface area (Å²) in [4.78, 5) is 2.48. The molecule has 0 bridgehead atoms. The highest BCUT2D eigenvalue weighted by Crippen LogP contribution is 2.24. The summed E-state index contributed by atoms with van der Waals surface area (Å²) >= 11 is 4.77. The smallest absolute Gasteiger partial charge is 0.0387 e. The van der Waals surface area contributed by atoms with Crippen molar-refractivity contribution in [1.82, 2.24) is 0 Å². The van der Waals surface area contributed by atoms with Crippen LogP contribution in [-0.2, 0) is 0 Å². The van der Waals surface area contributed by atoms with Crippen LogP contribution in [0.1, 0.15) is 12.8 Å². The maximum atomic E-state index is 2.48. The Labute approximate surface area is 106 Å². The van der Waals surface area contributed by atoms with Crippen molar-refractivity contribution < 1.29 is 0 Å². The Hall–Kier alpha value is 0.480. The second-order valence-corrected chi connectivity index (χ2v) is 5.81. The molecule has 0 unspecified atom stereocenters. The molecule has 0 radical (unpaired) electrons. The van der Waals surface area contributed by atoms with E-state index in [1.165, 1.54) is 38.8 Å². The molecule has 1 aliphatic rings. The van der Waals surface area contributed by atoms with Crippen LogP contribution in [0.3, 0.4) is 0 Å². The lowest BCUT2D eigenvalue weighted by atomic mass is 10.3. The molecule has 1 aromatic carbocycles. The van der Waals surface area contributed by atoms with Crippen LogP contribution in [0.25, 0.3) is 0 Å². The fraction of sp³-hybridized carbons (Fsp3) is 0.400. The maximum Gasteiger partial charge on any atom is 0.0387 e. The summed E-state index contributed by atoms with van der Waals surface area (Å²) in [6, 6.07) is 6.75. The number of halogens is 2. The Balaban J connectivity index is 2.28. The number of hydrogen-bond donors (Lipinski definition) is 0. The molecule has 1 aliphatic heterocycles. The molecule has 1 heterocycles. The van der Waals surface area contributed by atoms with Gasteiger partial charge in [-0.25, -0.2) is 0 Å². The summed E-state index contributed by atoms with van der Waals surface area (Å²) in [6.45, 7) is 2.46. The number of anilines is 1. The highest BCUT2D eigenvalue weighted by atomic mass is 127. The van der Waals surface area contributed by atoms with E-state index in [-0.39, 0.29) is 0 Å². The first-order chi connectivity index (χ1) is 6.25. The Kier molecular flexibility index (Phi) is 3.34. The SMILES string of the molecule is Ic1cc(I)cc(N2CCCC2)c1. The largest absolute Gasteiger partial charge is 0.371 e. The number of hydrogen-bond acceptors (Lipinski definition) is 1. The first-order valence-corrected chi connectivity index (χ1v) is 6.62. The van der Waals surface area contributed by atoms with Gasteiger partial charge in [-0.1, -0.05) is 0 Å². The third-order valence-electron chi connectivity index (χ3n) is 2.32. The second-order valence-electron chi connectivity index (χ2n) is 3.32. The van der Waals surface area contributed by atoms with Gasteiger partial charge in [-0.15, -0.1) is 0 Å². The first kappa shape index (κ1) is 10.0. The molecular weight excluding hydrogens is 388 g/mol. The van der Waals surface area contributed by atoms with E-state index in [1.807, 2.05) is 0 Å². The predicted octanol–water partition coefficient (Wildman–Crippen LogP) is 3.50. The van der Waals surface area contributed by atoms with Crippen LogP contribution >= 0.6 is 45.2 Å². The van der Waals surface area contributed by atoms with E-state index in [0.29, 0.717) is 0 Å².